The summed E-state index contributed by atoms with van der Waals surface area (Å²) in [5, 5.41) is 1.15. The summed E-state index contributed by atoms with van der Waals surface area (Å²) in [6, 6.07) is 17.9. The Bertz CT molecular complexity index is 934. The van der Waals surface area contributed by atoms with Crippen LogP contribution >= 0.6 is 0 Å². The van der Waals surface area contributed by atoms with E-state index >= 15 is 0 Å². The Morgan fingerprint density at radius 1 is 1.07 bits per heavy atom. The fourth-order valence-corrected chi connectivity index (χ4v) is 3.02. The van der Waals surface area contributed by atoms with Crippen LogP contribution < -0.4 is 0 Å². The van der Waals surface area contributed by atoms with Crippen LogP contribution in [0.3, 0.4) is 0 Å². The van der Waals surface area contributed by atoms with Crippen LogP contribution in [0.5, 0.6) is 0 Å². The molecule has 0 saturated carbocycles. The SMILES string of the molecule is C=Cc1ccc(C(=O)N(C)CCN(C)Cc2ccc3ncccc3c2)cc1. The number of carbonyl (C=O) groups is 1. The van der Waals surface area contributed by atoms with Crippen molar-refractivity contribution >= 4 is 22.9 Å². The quantitative estimate of drug-likeness (QED) is 0.638. The number of rotatable bonds is 7. The number of likely N-dealkylation sites (N-methyl/N-ethyl adjacent to an activating group) is 2. The summed E-state index contributed by atoms with van der Waals surface area (Å²) in [5.41, 5.74) is 3.97. The van der Waals surface area contributed by atoms with Crippen LogP contribution in [-0.2, 0) is 6.54 Å². The molecule has 0 atom stereocenters. The van der Waals surface area contributed by atoms with E-state index in [4.69, 9.17) is 0 Å². The van der Waals surface area contributed by atoms with E-state index in [9.17, 15) is 4.79 Å². The summed E-state index contributed by atoms with van der Waals surface area (Å²) in [6.45, 7) is 6.05. The number of nitrogens with zero attached hydrogens (tertiary/aromatic N) is 3. The first-order valence-corrected chi connectivity index (χ1v) is 9.07. The van der Waals surface area contributed by atoms with Crippen molar-refractivity contribution in [1.29, 1.82) is 0 Å². The van der Waals surface area contributed by atoms with Gasteiger partial charge in [-0.15, -0.1) is 0 Å². The van der Waals surface area contributed by atoms with Gasteiger partial charge in [-0.25, -0.2) is 0 Å². The van der Waals surface area contributed by atoms with Crippen LogP contribution in [0.1, 0.15) is 21.5 Å². The van der Waals surface area contributed by atoms with Crippen LogP contribution in [0.4, 0.5) is 0 Å². The fraction of sp³-hybridized carbons (Fsp3) is 0.217. The summed E-state index contributed by atoms with van der Waals surface area (Å²) in [4.78, 5) is 20.9. The van der Waals surface area contributed by atoms with Gasteiger partial charge in [-0.3, -0.25) is 9.78 Å². The number of amides is 1. The van der Waals surface area contributed by atoms with E-state index in [2.05, 4.69) is 47.8 Å². The first-order chi connectivity index (χ1) is 13.1. The Balaban J connectivity index is 1.54. The molecule has 27 heavy (non-hydrogen) atoms. The Hall–Kier alpha value is -2.98. The lowest BCUT2D eigenvalue weighted by Gasteiger charge is -2.22. The van der Waals surface area contributed by atoms with E-state index in [-0.39, 0.29) is 5.91 Å². The van der Waals surface area contributed by atoms with Crippen molar-refractivity contribution in [2.45, 2.75) is 6.54 Å². The number of hydrogen-bond donors (Lipinski definition) is 0. The average molecular weight is 359 g/mol. The Morgan fingerprint density at radius 3 is 2.59 bits per heavy atom. The molecule has 0 unspecified atom stereocenters. The zero-order valence-electron chi connectivity index (χ0n) is 15.9. The maximum Gasteiger partial charge on any atom is 0.253 e. The van der Waals surface area contributed by atoms with Crippen LogP contribution in [0.2, 0.25) is 0 Å². The molecule has 0 saturated heterocycles. The van der Waals surface area contributed by atoms with Crippen molar-refractivity contribution < 1.29 is 4.79 Å². The summed E-state index contributed by atoms with van der Waals surface area (Å²) in [5.74, 6) is 0.0378. The van der Waals surface area contributed by atoms with Gasteiger partial charge in [0.15, 0.2) is 0 Å². The smallest absolute Gasteiger partial charge is 0.253 e. The predicted molar refractivity (Wildman–Crippen MR) is 112 cm³/mol. The van der Waals surface area contributed by atoms with Gasteiger partial charge in [-0.1, -0.05) is 36.9 Å². The Labute approximate surface area is 160 Å². The first-order valence-electron chi connectivity index (χ1n) is 9.07. The van der Waals surface area contributed by atoms with Crippen molar-refractivity contribution in [1.82, 2.24) is 14.8 Å². The molecule has 0 spiro atoms. The molecular formula is C23H25N3O. The molecule has 3 aromatic rings. The standard InChI is InChI=1S/C23H25N3O/c1-4-18-7-10-20(11-8-18)23(27)26(3)15-14-25(2)17-19-9-12-22-21(16-19)6-5-13-24-22/h4-13,16H,1,14-15,17H2,2-3H3. The number of benzene rings is 2. The van der Waals surface area contributed by atoms with E-state index < -0.39 is 0 Å². The average Bonchev–Trinajstić information content (AvgIpc) is 2.71. The molecule has 0 aliphatic carbocycles. The topological polar surface area (TPSA) is 36.4 Å². The summed E-state index contributed by atoms with van der Waals surface area (Å²) >= 11 is 0. The van der Waals surface area contributed by atoms with Gasteiger partial charge >= 0.3 is 0 Å². The summed E-state index contributed by atoms with van der Waals surface area (Å²) < 4.78 is 0. The monoisotopic (exact) mass is 359 g/mol. The molecule has 4 heteroatoms. The van der Waals surface area contributed by atoms with Crippen molar-refractivity contribution in [2.75, 3.05) is 27.2 Å². The normalized spacial score (nSPS) is 10.9. The van der Waals surface area contributed by atoms with Crippen LogP contribution in [-0.4, -0.2) is 47.9 Å². The van der Waals surface area contributed by atoms with E-state index in [1.165, 1.54) is 5.56 Å². The highest BCUT2D eigenvalue weighted by Crippen LogP contribution is 2.14. The molecule has 4 nitrogen and oxygen atoms in total. The van der Waals surface area contributed by atoms with E-state index in [1.54, 1.807) is 11.0 Å². The molecule has 3 rings (SSSR count). The van der Waals surface area contributed by atoms with E-state index in [1.807, 2.05) is 43.6 Å². The number of pyridine rings is 1. The zero-order chi connectivity index (χ0) is 19.2. The second-order valence-electron chi connectivity index (χ2n) is 6.82. The Morgan fingerprint density at radius 2 is 1.85 bits per heavy atom. The zero-order valence-corrected chi connectivity index (χ0v) is 15.9. The minimum absolute atomic E-state index is 0.0378. The molecule has 0 bridgehead atoms. The highest BCUT2D eigenvalue weighted by Gasteiger charge is 2.12. The maximum absolute atomic E-state index is 12.5. The largest absolute Gasteiger partial charge is 0.340 e. The molecule has 138 valence electrons. The molecule has 0 aliphatic heterocycles. The molecule has 0 fully saturated rings. The van der Waals surface area contributed by atoms with Gasteiger partial charge in [-0.05, 0) is 48.5 Å². The lowest BCUT2D eigenvalue weighted by Crippen LogP contribution is -2.34. The van der Waals surface area contributed by atoms with Gasteiger partial charge in [0.1, 0.15) is 0 Å². The molecule has 1 aromatic heterocycles. The third kappa shape index (κ3) is 4.80. The molecular weight excluding hydrogens is 334 g/mol. The number of carbonyl (C=O) groups excluding carboxylic acids is 1. The number of aromatic nitrogens is 1. The molecule has 1 amide bonds. The van der Waals surface area contributed by atoms with Crippen molar-refractivity contribution in [3.05, 3.63) is 84.1 Å². The second kappa shape index (κ2) is 8.60. The van der Waals surface area contributed by atoms with Crippen LogP contribution in [0.15, 0.2) is 67.4 Å². The van der Waals surface area contributed by atoms with Crippen LogP contribution in [0, 0.1) is 0 Å². The minimum Gasteiger partial charge on any atom is -0.340 e. The third-order valence-electron chi connectivity index (χ3n) is 4.68. The van der Waals surface area contributed by atoms with Crippen molar-refractivity contribution in [2.24, 2.45) is 0 Å². The molecule has 0 N–H and O–H groups in total. The lowest BCUT2D eigenvalue weighted by atomic mass is 10.1. The van der Waals surface area contributed by atoms with Gasteiger partial charge in [0.05, 0.1) is 5.52 Å². The summed E-state index contributed by atoms with van der Waals surface area (Å²) in [7, 11) is 3.92. The molecule has 0 radical (unpaired) electrons. The van der Waals surface area contributed by atoms with Gasteiger partial charge in [0.2, 0.25) is 0 Å². The van der Waals surface area contributed by atoms with Crippen molar-refractivity contribution in [3.63, 3.8) is 0 Å². The molecule has 0 aliphatic rings. The maximum atomic E-state index is 12.5. The third-order valence-corrected chi connectivity index (χ3v) is 4.68. The molecule has 1 heterocycles. The Kier molecular flexibility index (Phi) is 5.99. The second-order valence-corrected chi connectivity index (χ2v) is 6.82. The predicted octanol–water partition coefficient (Wildman–Crippen LogP) is 4.08. The summed E-state index contributed by atoms with van der Waals surface area (Å²) in [6.07, 6.45) is 3.59. The highest BCUT2D eigenvalue weighted by atomic mass is 16.2. The van der Waals surface area contributed by atoms with Crippen LogP contribution in [0.25, 0.3) is 17.0 Å². The highest BCUT2D eigenvalue weighted by molar-refractivity contribution is 5.94. The minimum atomic E-state index is 0.0378. The van der Waals surface area contributed by atoms with Gasteiger partial charge < -0.3 is 9.80 Å². The lowest BCUT2D eigenvalue weighted by molar-refractivity contribution is 0.0781. The van der Waals surface area contributed by atoms with Gasteiger partial charge in [-0.2, -0.15) is 0 Å². The number of hydrogen-bond acceptors (Lipinski definition) is 3. The fourth-order valence-electron chi connectivity index (χ4n) is 3.02. The first kappa shape index (κ1) is 18.8. The van der Waals surface area contributed by atoms with Gasteiger partial charge in [0, 0.05) is 43.8 Å². The molecule has 2 aromatic carbocycles. The van der Waals surface area contributed by atoms with E-state index in [0.29, 0.717) is 12.1 Å². The van der Waals surface area contributed by atoms with E-state index in [0.717, 1.165) is 29.6 Å². The van der Waals surface area contributed by atoms with Crippen molar-refractivity contribution in [3.8, 4) is 0 Å². The van der Waals surface area contributed by atoms with Gasteiger partial charge in [0.25, 0.3) is 5.91 Å². The number of fused-ring (bicyclic) bond motifs is 1.